The molecule has 0 radical (unpaired) electrons. The number of benzene rings is 3. The van der Waals surface area contributed by atoms with E-state index in [0.717, 1.165) is 0 Å². The molecule has 1 unspecified atom stereocenters. The zero-order chi connectivity index (χ0) is 17.1. The molecule has 0 saturated heterocycles. The van der Waals surface area contributed by atoms with Gasteiger partial charge in [0.2, 0.25) is 0 Å². The SMILES string of the molecule is Cc1cccc(C2(C)c3cc(C)ccc3-c3cc(C)c(C)cc32)c1. The van der Waals surface area contributed by atoms with Crippen LogP contribution in [0.2, 0.25) is 0 Å². The van der Waals surface area contributed by atoms with Crippen LogP contribution in [0.15, 0.2) is 54.6 Å². The summed E-state index contributed by atoms with van der Waals surface area (Å²) in [5.74, 6) is 0. The van der Waals surface area contributed by atoms with Gasteiger partial charge in [0.05, 0.1) is 0 Å². The second-order valence-electron chi connectivity index (χ2n) is 7.53. The van der Waals surface area contributed by atoms with Crippen LogP contribution in [0.3, 0.4) is 0 Å². The van der Waals surface area contributed by atoms with Crippen LogP contribution < -0.4 is 0 Å². The molecule has 0 fully saturated rings. The maximum Gasteiger partial charge on any atom is 0.0435 e. The fourth-order valence-corrected chi connectivity index (χ4v) is 4.17. The van der Waals surface area contributed by atoms with Crippen molar-refractivity contribution in [2.75, 3.05) is 0 Å². The van der Waals surface area contributed by atoms with Gasteiger partial charge >= 0.3 is 0 Å². The Morgan fingerprint density at radius 2 is 1.29 bits per heavy atom. The van der Waals surface area contributed by atoms with Gasteiger partial charge in [-0.05, 0) is 73.6 Å². The van der Waals surface area contributed by atoms with Crippen LogP contribution >= 0.6 is 0 Å². The van der Waals surface area contributed by atoms with Crippen LogP contribution in [0.25, 0.3) is 11.1 Å². The Kier molecular flexibility index (Phi) is 3.22. The number of hydrogen-bond acceptors (Lipinski definition) is 0. The third-order valence-corrected chi connectivity index (χ3v) is 5.77. The highest BCUT2D eigenvalue weighted by atomic mass is 14.4. The van der Waals surface area contributed by atoms with E-state index in [4.69, 9.17) is 0 Å². The Labute approximate surface area is 145 Å². The van der Waals surface area contributed by atoms with Crippen LogP contribution in [-0.2, 0) is 5.41 Å². The summed E-state index contributed by atoms with van der Waals surface area (Å²) in [5, 5.41) is 0. The lowest BCUT2D eigenvalue weighted by Gasteiger charge is -2.29. The minimum absolute atomic E-state index is 0.0822. The molecule has 3 aromatic carbocycles. The Balaban J connectivity index is 2.11. The summed E-state index contributed by atoms with van der Waals surface area (Å²) in [7, 11) is 0. The molecular weight excluding hydrogens is 288 g/mol. The normalized spacial score (nSPS) is 18.4. The molecule has 0 saturated carbocycles. The van der Waals surface area contributed by atoms with E-state index in [1.807, 2.05) is 0 Å². The van der Waals surface area contributed by atoms with E-state index in [9.17, 15) is 0 Å². The molecule has 0 amide bonds. The molecule has 1 atom stereocenters. The Bertz CT molecular complexity index is 962. The summed E-state index contributed by atoms with van der Waals surface area (Å²) < 4.78 is 0. The van der Waals surface area contributed by atoms with Crippen molar-refractivity contribution < 1.29 is 0 Å². The van der Waals surface area contributed by atoms with E-state index in [2.05, 4.69) is 89.2 Å². The van der Waals surface area contributed by atoms with Crippen molar-refractivity contribution in [1.82, 2.24) is 0 Å². The van der Waals surface area contributed by atoms with E-state index in [1.54, 1.807) is 0 Å². The Hall–Kier alpha value is -2.34. The molecule has 0 aliphatic heterocycles. The quantitative estimate of drug-likeness (QED) is 0.498. The standard InChI is InChI=1S/C24H24/c1-15-7-6-8-19(11-15)24(5)22-12-16(2)9-10-20(22)21-13-17(3)18(4)14-23(21)24/h6-14H,1-5H3. The van der Waals surface area contributed by atoms with Crippen molar-refractivity contribution >= 4 is 0 Å². The number of fused-ring (bicyclic) bond motifs is 3. The molecule has 0 nitrogen and oxygen atoms in total. The van der Waals surface area contributed by atoms with Crippen LogP contribution in [0, 0.1) is 27.7 Å². The van der Waals surface area contributed by atoms with Gasteiger partial charge in [-0.15, -0.1) is 0 Å². The lowest BCUT2D eigenvalue weighted by atomic mass is 9.73. The van der Waals surface area contributed by atoms with Gasteiger partial charge in [0.25, 0.3) is 0 Å². The molecule has 0 spiro atoms. The molecule has 0 heterocycles. The van der Waals surface area contributed by atoms with E-state index in [-0.39, 0.29) is 5.41 Å². The van der Waals surface area contributed by atoms with Crippen molar-refractivity contribution in [1.29, 1.82) is 0 Å². The summed E-state index contributed by atoms with van der Waals surface area (Å²) >= 11 is 0. The summed E-state index contributed by atoms with van der Waals surface area (Å²) in [5.41, 5.74) is 12.4. The van der Waals surface area contributed by atoms with E-state index < -0.39 is 0 Å². The largest absolute Gasteiger partial charge is 0.0617 e. The van der Waals surface area contributed by atoms with Crippen molar-refractivity contribution in [3.8, 4) is 11.1 Å². The van der Waals surface area contributed by atoms with Crippen molar-refractivity contribution in [2.45, 2.75) is 40.0 Å². The first kappa shape index (κ1) is 15.2. The van der Waals surface area contributed by atoms with Crippen molar-refractivity contribution in [3.05, 3.63) is 93.5 Å². The van der Waals surface area contributed by atoms with Crippen molar-refractivity contribution in [2.24, 2.45) is 0 Å². The lowest BCUT2D eigenvalue weighted by Crippen LogP contribution is -2.22. The zero-order valence-electron chi connectivity index (χ0n) is 15.2. The maximum atomic E-state index is 2.41. The van der Waals surface area contributed by atoms with E-state index >= 15 is 0 Å². The number of hydrogen-bond donors (Lipinski definition) is 0. The molecule has 1 aliphatic rings. The van der Waals surface area contributed by atoms with Crippen molar-refractivity contribution in [3.63, 3.8) is 0 Å². The van der Waals surface area contributed by atoms with Gasteiger partial charge in [0, 0.05) is 5.41 Å². The van der Waals surface area contributed by atoms with Gasteiger partial charge in [-0.3, -0.25) is 0 Å². The molecule has 1 aliphatic carbocycles. The first-order chi connectivity index (χ1) is 11.4. The van der Waals surface area contributed by atoms with Gasteiger partial charge in [0.15, 0.2) is 0 Å². The molecule has 0 N–H and O–H groups in total. The minimum Gasteiger partial charge on any atom is -0.0617 e. The first-order valence-corrected chi connectivity index (χ1v) is 8.71. The van der Waals surface area contributed by atoms with E-state index in [0.29, 0.717) is 0 Å². The average molecular weight is 312 g/mol. The molecule has 4 rings (SSSR count). The van der Waals surface area contributed by atoms with Gasteiger partial charge in [0.1, 0.15) is 0 Å². The summed E-state index contributed by atoms with van der Waals surface area (Å²) in [6.45, 7) is 11.2. The molecule has 24 heavy (non-hydrogen) atoms. The zero-order valence-corrected chi connectivity index (χ0v) is 15.2. The second-order valence-corrected chi connectivity index (χ2v) is 7.53. The summed E-state index contributed by atoms with van der Waals surface area (Å²) in [6.07, 6.45) is 0. The molecule has 0 bridgehead atoms. The van der Waals surface area contributed by atoms with Gasteiger partial charge in [-0.25, -0.2) is 0 Å². The van der Waals surface area contributed by atoms with Crippen LogP contribution in [0.5, 0.6) is 0 Å². The molecule has 0 heteroatoms. The van der Waals surface area contributed by atoms with Gasteiger partial charge in [-0.2, -0.15) is 0 Å². The fourth-order valence-electron chi connectivity index (χ4n) is 4.17. The fraction of sp³-hybridized carbons (Fsp3) is 0.250. The number of rotatable bonds is 1. The van der Waals surface area contributed by atoms with Gasteiger partial charge in [-0.1, -0.05) is 65.7 Å². The van der Waals surface area contributed by atoms with Gasteiger partial charge < -0.3 is 0 Å². The molecule has 120 valence electrons. The van der Waals surface area contributed by atoms with Crippen LogP contribution in [0.4, 0.5) is 0 Å². The molecular formula is C24H24. The molecule has 3 aromatic rings. The highest BCUT2D eigenvalue weighted by Gasteiger charge is 2.41. The first-order valence-electron chi connectivity index (χ1n) is 8.71. The lowest BCUT2D eigenvalue weighted by molar-refractivity contribution is 0.711. The monoisotopic (exact) mass is 312 g/mol. The highest BCUT2D eigenvalue weighted by molar-refractivity contribution is 5.84. The Morgan fingerprint density at radius 3 is 2.04 bits per heavy atom. The highest BCUT2D eigenvalue weighted by Crippen LogP contribution is 2.53. The summed E-state index contributed by atoms with van der Waals surface area (Å²) in [6, 6.07) is 20.7. The third-order valence-electron chi connectivity index (χ3n) is 5.77. The Morgan fingerprint density at radius 1 is 0.625 bits per heavy atom. The summed E-state index contributed by atoms with van der Waals surface area (Å²) in [4.78, 5) is 0. The third kappa shape index (κ3) is 1.99. The average Bonchev–Trinajstić information content (AvgIpc) is 2.78. The topological polar surface area (TPSA) is 0 Å². The predicted molar refractivity (Wildman–Crippen MR) is 103 cm³/mol. The van der Waals surface area contributed by atoms with Crippen LogP contribution in [-0.4, -0.2) is 0 Å². The van der Waals surface area contributed by atoms with Crippen LogP contribution in [0.1, 0.15) is 45.9 Å². The van der Waals surface area contributed by atoms with E-state index in [1.165, 1.54) is 50.1 Å². The minimum atomic E-state index is -0.0822. The predicted octanol–water partition coefficient (Wildman–Crippen LogP) is 6.25. The molecule has 0 aromatic heterocycles. The number of aryl methyl sites for hydroxylation is 4. The second kappa shape index (κ2) is 5.08. The smallest absolute Gasteiger partial charge is 0.0435 e. The maximum absolute atomic E-state index is 2.41.